The van der Waals surface area contributed by atoms with E-state index in [1.807, 2.05) is 60.7 Å². The molecule has 7 heteroatoms. The lowest BCUT2D eigenvalue weighted by Gasteiger charge is -2.36. The van der Waals surface area contributed by atoms with E-state index in [4.69, 9.17) is 8.75 Å². The van der Waals surface area contributed by atoms with Crippen LogP contribution in [-0.2, 0) is 14.2 Å². The molecule has 1 N–H and O–H groups in total. The zero-order valence-corrected chi connectivity index (χ0v) is 22.8. The van der Waals surface area contributed by atoms with Gasteiger partial charge in [-0.1, -0.05) is 121 Å². The van der Waals surface area contributed by atoms with Crippen LogP contribution in [0.2, 0.25) is 0 Å². The Labute approximate surface area is 240 Å². The Balaban J connectivity index is 1.42. The number of nitriles is 2. The summed E-state index contributed by atoms with van der Waals surface area (Å²) >= 11 is 0.942. The van der Waals surface area contributed by atoms with Crippen molar-refractivity contribution in [1.29, 1.82) is 10.5 Å². The number of hydrogen-bond acceptors (Lipinski definition) is 6. The summed E-state index contributed by atoms with van der Waals surface area (Å²) in [5.41, 5.74) is 4.47. The van der Waals surface area contributed by atoms with Crippen molar-refractivity contribution in [3.05, 3.63) is 149 Å². The van der Waals surface area contributed by atoms with Crippen LogP contribution in [0.5, 0.6) is 0 Å². The van der Waals surface area contributed by atoms with Gasteiger partial charge in [0.05, 0.1) is 0 Å². The summed E-state index contributed by atoms with van der Waals surface area (Å²) in [6, 6.07) is 44.4. The Morgan fingerprint density at radius 3 is 1.62 bits per heavy atom. The molecule has 0 bridgehead atoms. The van der Waals surface area contributed by atoms with Crippen molar-refractivity contribution < 1.29 is 13.8 Å². The summed E-state index contributed by atoms with van der Waals surface area (Å²) < 4.78 is 11.0. The molecule has 0 aliphatic rings. The van der Waals surface area contributed by atoms with E-state index in [0.29, 0.717) is 12.0 Å². The first-order chi connectivity index (χ1) is 19.7. The van der Waals surface area contributed by atoms with Crippen LogP contribution < -0.4 is 0 Å². The Kier molecular flexibility index (Phi) is 10.8. The lowest BCUT2D eigenvalue weighted by Crippen LogP contribution is -2.30. The first-order valence-corrected chi connectivity index (χ1v) is 13.9. The van der Waals surface area contributed by atoms with Crippen molar-refractivity contribution in [3.63, 3.8) is 0 Å². The first kappa shape index (κ1) is 28.9. The molecule has 0 unspecified atom stereocenters. The third kappa shape index (κ3) is 7.10. The summed E-state index contributed by atoms with van der Waals surface area (Å²) in [7, 11) is -1.45. The Hall–Kier alpha value is -4.11. The highest BCUT2D eigenvalue weighted by Crippen LogP contribution is 2.43. The van der Waals surface area contributed by atoms with Crippen molar-refractivity contribution in [2.45, 2.75) is 18.3 Å². The summed E-state index contributed by atoms with van der Waals surface area (Å²) in [4.78, 5) is 0. The van der Waals surface area contributed by atoms with E-state index in [-0.39, 0.29) is 17.9 Å². The molecule has 0 saturated carbocycles. The fourth-order valence-electron chi connectivity index (χ4n) is 4.90. The number of rotatable bonds is 13. The molecule has 0 amide bonds. The second-order valence-electron chi connectivity index (χ2n) is 9.09. The molecule has 4 rings (SSSR count). The van der Waals surface area contributed by atoms with Gasteiger partial charge in [-0.2, -0.15) is 10.5 Å². The van der Waals surface area contributed by atoms with Crippen LogP contribution in [0.4, 0.5) is 0 Å². The van der Waals surface area contributed by atoms with E-state index in [9.17, 15) is 15.5 Å². The summed E-state index contributed by atoms with van der Waals surface area (Å²) in [5, 5.41) is 29.1. The lowest BCUT2D eigenvalue weighted by molar-refractivity contribution is 0.196. The van der Waals surface area contributed by atoms with Gasteiger partial charge in [-0.05, 0) is 52.7 Å². The quantitative estimate of drug-likeness (QED) is 0.0644. The number of nitrogens with zero attached hydrogens (tertiary/aromatic N) is 2. The second-order valence-corrected chi connectivity index (χ2v) is 9.80. The average Bonchev–Trinajstić information content (AvgIpc) is 3.03. The molecule has 0 spiro atoms. The standard InChI is InChI=1S/C33H29BN2O3S/c35-24-28(25-36)32(27-14-5-1-6-15-27)26-40-39-34(37)38-23-13-22-33(29-16-7-2-8-17-29,30-18-9-3-10-19-30)31-20-11-4-12-21-31/h1-12,14-21,37H,13,22-23,26H2. The molecule has 198 valence electrons. The van der Waals surface area contributed by atoms with E-state index in [0.717, 1.165) is 24.0 Å². The molecule has 4 aromatic rings. The molecular formula is C33H29BN2O3S. The van der Waals surface area contributed by atoms with Gasteiger partial charge < -0.3 is 13.8 Å². The van der Waals surface area contributed by atoms with Gasteiger partial charge in [-0.25, -0.2) is 0 Å². The molecule has 0 fully saturated rings. The number of hydrogen-bond donors (Lipinski definition) is 1. The number of allylic oxidation sites excluding steroid dienone is 1. The van der Waals surface area contributed by atoms with E-state index < -0.39 is 12.7 Å². The average molecular weight is 544 g/mol. The molecule has 0 aliphatic heterocycles. The van der Waals surface area contributed by atoms with Gasteiger partial charge in [0.2, 0.25) is 0 Å². The maximum atomic E-state index is 10.4. The van der Waals surface area contributed by atoms with Crippen molar-refractivity contribution in [3.8, 4) is 12.1 Å². The molecule has 0 heterocycles. The van der Waals surface area contributed by atoms with Gasteiger partial charge >= 0.3 is 7.32 Å². The topological polar surface area (TPSA) is 86.3 Å². The van der Waals surface area contributed by atoms with Crippen LogP contribution in [-0.4, -0.2) is 24.7 Å². The molecule has 40 heavy (non-hydrogen) atoms. The van der Waals surface area contributed by atoms with Crippen LogP contribution in [0.3, 0.4) is 0 Å². The fourth-order valence-corrected chi connectivity index (χ4v) is 5.57. The van der Waals surface area contributed by atoms with Crippen LogP contribution in [0.25, 0.3) is 5.57 Å². The van der Waals surface area contributed by atoms with Gasteiger partial charge in [-0.15, -0.1) is 0 Å². The third-order valence-corrected chi connectivity index (χ3v) is 7.46. The highest BCUT2D eigenvalue weighted by molar-refractivity contribution is 7.95. The summed E-state index contributed by atoms with van der Waals surface area (Å²) in [5.74, 6) is 0.208. The Bertz CT molecular complexity index is 1340. The van der Waals surface area contributed by atoms with Crippen LogP contribution in [0.1, 0.15) is 35.1 Å². The minimum absolute atomic E-state index is 0.0109. The molecule has 0 radical (unpaired) electrons. The fraction of sp³-hybridized carbons (Fsp3) is 0.152. The highest BCUT2D eigenvalue weighted by atomic mass is 32.2. The first-order valence-electron chi connectivity index (χ1n) is 13.0. The third-order valence-electron chi connectivity index (χ3n) is 6.76. The molecule has 0 saturated heterocycles. The van der Waals surface area contributed by atoms with E-state index in [1.165, 1.54) is 16.7 Å². The van der Waals surface area contributed by atoms with Gasteiger partial charge in [-0.3, -0.25) is 0 Å². The SMILES string of the molecule is N#CC(C#N)=C(CSOB(O)OCCCC(c1ccccc1)(c1ccccc1)c1ccccc1)c1ccccc1. The smallest absolute Gasteiger partial charge is 0.401 e. The highest BCUT2D eigenvalue weighted by Gasteiger charge is 2.35. The van der Waals surface area contributed by atoms with E-state index in [1.54, 1.807) is 0 Å². The van der Waals surface area contributed by atoms with Crippen molar-refractivity contribution >= 4 is 24.9 Å². The summed E-state index contributed by atoms with van der Waals surface area (Å²) in [6.07, 6.45) is 1.41. The second kappa shape index (κ2) is 14.9. The largest absolute Gasteiger partial charge is 0.648 e. The van der Waals surface area contributed by atoms with Crippen molar-refractivity contribution in [2.24, 2.45) is 0 Å². The predicted molar refractivity (Wildman–Crippen MR) is 160 cm³/mol. The molecule has 0 atom stereocenters. The van der Waals surface area contributed by atoms with Gasteiger partial charge in [0.25, 0.3) is 0 Å². The zero-order chi connectivity index (χ0) is 28.0. The van der Waals surface area contributed by atoms with E-state index >= 15 is 0 Å². The molecular weight excluding hydrogens is 515 g/mol. The Morgan fingerprint density at radius 2 is 1.18 bits per heavy atom. The predicted octanol–water partition coefficient (Wildman–Crippen LogP) is 6.96. The lowest BCUT2D eigenvalue weighted by atomic mass is 9.67. The van der Waals surface area contributed by atoms with Gasteiger partial charge in [0, 0.05) is 17.8 Å². The molecule has 0 aliphatic carbocycles. The maximum Gasteiger partial charge on any atom is 0.648 e. The molecule has 4 aromatic carbocycles. The van der Waals surface area contributed by atoms with Crippen LogP contribution in [0, 0.1) is 22.7 Å². The molecule has 0 aromatic heterocycles. The monoisotopic (exact) mass is 544 g/mol. The number of benzene rings is 4. The van der Waals surface area contributed by atoms with Gasteiger partial charge in [0.15, 0.2) is 0 Å². The maximum absolute atomic E-state index is 10.4. The zero-order valence-electron chi connectivity index (χ0n) is 22.0. The van der Waals surface area contributed by atoms with Crippen LogP contribution >= 0.6 is 12.0 Å². The van der Waals surface area contributed by atoms with Crippen molar-refractivity contribution in [2.75, 3.05) is 12.4 Å². The summed E-state index contributed by atoms with van der Waals surface area (Å²) in [6.45, 7) is 0.277. The van der Waals surface area contributed by atoms with E-state index in [2.05, 4.69) is 72.8 Å². The normalized spacial score (nSPS) is 10.8. The van der Waals surface area contributed by atoms with Crippen LogP contribution in [0.15, 0.2) is 127 Å². The minimum atomic E-state index is -1.45. The minimum Gasteiger partial charge on any atom is -0.401 e. The van der Waals surface area contributed by atoms with Gasteiger partial charge in [0.1, 0.15) is 17.7 Å². The Morgan fingerprint density at radius 1 is 0.725 bits per heavy atom. The van der Waals surface area contributed by atoms with Crippen molar-refractivity contribution in [1.82, 2.24) is 0 Å². The molecule has 5 nitrogen and oxygen atoms in total.